The van der Waals surface area contributed by atoms with E-state index in [1.807, 2.05) is 6.92 Å². The number of rotatable bonds is 4. The highest BCUT2D eigenvalue weighted by Crippen LogP contribution is 2.37. The maximum atomic E-state index is 12.2. The normalized spacial score (nSPS) is 18.5. The summed E-state index contributed by atoms with van der Waals surface area (Å²) in [6.45, 7) is 4.78. The van der Waals surface area contributed by atoms with Crippen LogP contribution in [0.3, 0.4) is 0 Å². The Morgan fingerprint density at radius 1 is 1.33 bits per heavy atom. The number of hydrogen-bond donors (Lipinski definition) is 2. The number of nitrogens with one attached hydrogen (secondary N) is 2. The molecule has 7 heteroatoms. The molecule has 3 rings (SSSR count). The summed E-state index contributed by atoms with van der Waals surface area (Å²) in [6, 6.07) is 0. The Labute approximate surface area is 142 Å². The van der Waals surface area contributed by atoms with Gasteiger partial charge in [0.1, 0.15) is 4.88 Å². The van der Waals surface area contributed by atoms with Crippen LogP contribution in [0.4, 0.5) is 0 Å². The molecule has 2 aliphatic rings. The molecule has 2 fully saturated rings. The van der Waals surface area contributed by atoms with E-state index in [0.717, 1.165) is 30.2 Å². The second-order valence-corrected chi connectivity index (χ2v) is 6.71. The predicted molar refractivity (Wildman–Crippen MR) is 91.2 cm³/mol. The summed E-state index contributed by atoms with van der Waals surface area (Å²) in [5.74, 6) is 1.26. The van der Waals surface area contributed by atoms with Gasteiger partial charge in [-0.05, 0) is 19.8 Å². The van der Waals surface area contributed by atoms with Crippen LogP contribution in [0.15, 0.2) is 0 Å². The van der Waals surface area contributed by atoms with Gasteiger partial charge >= 0.3 is 0 Å². The van der Waals surface area contributed by atoms with Crippen LogP contribution in [-0.4, -0.2) is 30.5 Å². The molecule has 1 saturated heterocycles. The first kappa shape index (κ1) is 18.7. The monoisotopic (exact) mass is 351 g/mol. The van der Waals surface area contributed by atoms with Crippen molar-refractivity contribution in [1.82, 2.24) is 15.6 Å². The van der Waals surface area contributed by atoms with Crippen molar-refractivity contribution in [2.75, 3.05) is 19.6 Å². The number of aryl methyl sites for hydroxylation is 1. The van der Waals surface area contributed by atoms with Crippen LogP contribution in [-0.2, 0) is 0 Å². The van der Waals surface area contributed by atoms with Crippen LogP contribution in [0.5, 0.6) is 0 Å². The molecule has 1 saturated carbocycles. The number of hydrogen-bond acceptors (Lipinski definition) is 4. The minimum atomic E-state index is 0. The molecule has 0 aromatic carbocycles. The Morgan fingerprint density at radius 2 is 2.00 bits per heavy atom. The Kier molecular flexibility index (Phi) is 7.40. The lowest BCUT2D eigenvalue weighted by atomic mass is 10.0. The molecule has 0 bridgehead atoms. The van der Waals surface area contributed by atoms with E-state index in [0.29, 0.717) is 11.8 Å². The molecule has 0 atom stereocenters. The number of carbonyl (C=O) groups excluding carboxylic acids is 1. The molecule has 1 aromatic rings. The summed E-state index contributed by atoms with van der Waals surface area (Å²) >= 11 is 1.60. The zero-order chi connectivity index (χ0) is 13.2. The van der Waals surface area contributed by atoms with Gasteiger partial charge in [-0.15, -0.1) is 36.2 Å². The number of halogens is 2. The first-order chi connectivity index (χ1) is 9.24. The van der Waals surface area contributed by atoms with Crippen LogP contribution in [0.25, 0.3) is 0 Å². The summed E-state index contributed by atoms with van der Waals surface area (Å²) in [6.07, 6.45) is 5.09. The van der Waals surface area contributed by atoms with Crippen molar-refractivity contribution in [3.05, 3.63) is 15.6 Å². The van der Waals surface area contributed by atoms with Crippen molar-refractivity contribution in [3.8, 4) is 0 Å². The van der Waals surface area contributed by atoms with Gasteiger partial charge in [-0.3, -0.25) is 4.79 Å². The summed E-state index contributed by atoms with van der Waals surface area (Å²) in [5, 5.41) is 7.43. The van der Waals surface area contributed by atoms with E-state index in [1.54, 1.807) is 11.3 Å². The quantitative estimate of drug-likeness (QED) is 0.876. The molecule has 2 N–H and O–H groups in total. The summed E-state index contributed by atoms with van der Waals surface area (Å²) < 4.78 is 0. The highest BCUT2D eigenvalue weighted by molar-refractivity contribution is 7.13. The van der Waals surface area contributed by atoms with Gasteiger partial charge in [0.25, 0.3) is 5.91 Å². The molecule has 0 unspecified atom stereocenters. The minimum absolute atomic E-state index is 0. The van der Waals surface area contributed by atoms with Gasteiger partial charge in [-0.2, -0.15) is 0 Å². The van der Waals surface area contributed by atoms with Crippen LogP contribution in [0, 0.1) is 12.8 Å². The average Bonchev–Trinajstić information content (AvgIpc) is 2.95. The maximum absolute atomic E-state index is 12.2. The van der Waals surface area contributed by atoms with Crippen molar-refractivity contribution in [3.63, 3.8) is 0 Å². The van der Waals surface area contributed by atoms with E-state index in [2.05, 4.69) is 15.6 Å². The minimum Gasteiger partial charge on any atom is -0.351 e. The third-order valence-electron chi connectivity index (χ3n) is 4.14. The largest absolute Gasteiger partial charge is 0.351 e. The SMILES string of the molecule is Cc1nc(C2CCCC2)sc1C(=O)NCC1CNC1.Cl.Cl. The molecule has 1 aromatic heterocycles. The van der Waals surface area contributed by atoms with Crippen LogP contribution >= 0.6 is 36.2 Å². The van der Waals surface area contributed by atoms with E-state index in [-0.39, 0.29) is 30.7 Å². The number of amides is 1. The fourth-order valence-electron chi connectivity index (χ4n) is 2.79. The number of nitrogens with zero attached hydrogens (tertiary/aromatic N) is 1. The van der Waals surface area contributed by atoms with Crippen molar-refractivity contribution in [1.29, 1.82) is 0 Å². The summed E-state index contributed by atoms with van der Waals surface area (Å²) in [4.78, 5) is 17.6. The van der Waals surface area contributed by atoms with Gasteiger partial charge in [0.05, 0.1) is 10.7 Å². The van der Waals surface area contributed by atoms with Crippen molar-refractivity contribution in [2.45, 2.75) is 38.5 Å². The standard InChI is InChI=1S/C14H21N3OS.2ClH/c1-9-12(13(18)16-8-10-6-15-7-10)19-14(17-9)11-4-2-3-5-11;;/h10-11,15H,2-8H2,1H3,(H,16,18);2*1H. The van der Waals surface area contributed by atoms with Gasteiger partial charge in [0, 0.05) is 31.5 Å². The zero-order valence-electron chi connectivity index (χ0n) is 12.2. The van der Waals surface area contributed by atoms with Gasteiger partial charge in [0.15, 0.2) is 0 Å². The first-order valence-corrected chi connectivity index (χ1v) is 8.02. The van der Waals surface area contributed by atoms with Crippen molar-refractivity contribution in [2.24, 2.45) is 5.92 Å². The van der Waals surface area contributed by atoms with E-state index < -0.39 is 0 Å². The van der Waals surface area contributed by atoms with Gasteiger partial charge in [-0.1, -0.05) is 12.8 Å². The predicted octanol–water partition coefficient (Wildman–Crippen LogP) is 2.90. The second kappa shape index (κ2) is 8.32. The molecular formula is C14H23Cl2N3OS. The van der Waals surface area contributed by atoms with Gasteiger partial charge in [0.2, 0.25) is 0 Å². The summed E-state index contributed by atoms with van der Waals surface area (Å²) in [5.41, 5.74) is 0.899. The number of thiazole rings is 1. The first-order valence-electron chi connectivity index (χ1n) is 7.20. The molecule has 120 valence electrons. The van der Waals surface area contributed by atoms with Gasteiger partial charge < -0.3 is 10.6 Å². The Balaban J connectivity index is 0.00000110. The molecule has 21 heavy (non-hydrogen) atoms. The highest BCUT2D eigenvalue weighted by Gasteiger charge is 2.24. The lowest BCUT2D eigenvalue weighted by molar-refractivity contribution is 0.0945. The molecule has 0 radical (unpaired) electrons. The smallest absolute Gasteiger partial charge is 0.263 e. The fourth-order valence-corrected chi connectivity index (χ4v) is 3.94. The summed E-state index contributed by atoms with van der Waals surface area (Å²) in [7, 11) is 0. The third-order valence-corrected chi connectivity index (χ3v) is 5.46. The van der Waals surface area contributed by atoms with Crippen molar-refractivity contribution >= 4 is 42.1 Å². The molecule has 1 aliphatic carbocycles. The molecule has 0 spiro atoms. The second-order valence-electron chi connectivity index (χ2n) is 5.68. The lowest BCUT2D eigenvalue weighted by Gasteiger charge is -2.26. The zero-order valence-corrected chi connectivity index (χ0v) is 14.6. The van der Waals surface area contributed by atoms with Crippen LogP contribution in [0.2, 0.25) is 0 Å². The maximum Gasteiger partial charge on any atom is 0.263 e. The molecular weight excluding hydrogens is 329 g/mol. The molecule has 2 heterocycles. The molecule has 1 amide bonds. The molecule has 4 nitrogen and oxygen atoms in total. The van der Waals surface area contributed by atoms with E-state index in [4.69, 9.17) is 0 Å². The van der Waals surface area contributed by atoms with E-state index in [9.17, 15) is 4.79 Å². The Bertz CT molecular complexity index is 471. The van der Waals surface area contributed by atoms with Crippen LogP contribution in [0.1, 0.15) is 52.0 Å². The number of aromatic nitrogens is 1. The Hall–Kier alpha value is -0.360. The van der Waals surface area contributed by atoms with Crippen LogP contribution < -0.4 is 10.6 Å². The Morgan fingerprint density at radius 3 is 2.57 bits per heavy atom. The lowest BCUT2D eigenvalue weighted by Crippen LogP contribution is -2.48. The topological polar surface area (TPSA) is 54.0 Å². The third kappa shape index (κ3) is 4.31. The fraction of sp³-hybridized carbons (Fsp3) is 0.714. The van der Waals surface area contributed by atoms with Crippen molar-refractivity contribution < 1.29 is 4.79 Å². The highest BCUT2D eigenvalue weighted by atomic mass is 35.5. The van der Waals surface area contributed by atoms with E-state index in [1.165, 1.54) is 30.7 Å². The van der Waals surface area contributed by atoms with E-state index >= 15 is 0 Å². The average molecular weight is 352 g/mol. The molecule has 1 aliphatic heterocycles. The van der Waals surface area contributed by atoms with Gasteiger partial charge in [-0.25, -0.2) is 4.98 Å². The number of carbonyl (C=O) groups is 1.